The summed E-state index contributed by atoms with van der Waals surface area (Å²) in [4.78, 5) is 166. The highest BCUT2D eigenvalue weighted by Gasteiger charge is 2.46. The Morgan fingerprint density at radius 2 is 1.40 bits per heavy atom. The van der Waals surface area contributed by atoms with Gasteiger partial charge in [0.2, 0.25) is 29.5 Å². The first-order valence-electron chi connectivity index (χ1n) is 37.6. The van der Waals surface area contributed by atoms with Crippen LogP contribution in [0.5, 0.6) is 0 Å². The smallest absolute Gasteiger partial charge is 0.410 e. The van der Waals surface area contributed by atoms with Gasteiger partial charge in [-0.3, -0.25) is 48.1 Å². The number of ether oxygens (including phenoxy) is 3. The molecule has 0 radical (unpaired) electrons. The number of anilines is 1. The number of likely N-dealkylation sites (N-methyl/N-ethyl adjacent to an activating group) is 1. The fourth-order valence-electron chi connectivity index (χ4n) is 15.1. The van der Waals surface area contributed by atoms with Crippen LogP contribution in [0.15, 0.2) is 54.6 Å². The molecular formula is C79H123N7O15S. The van der Waals surface area contributed by atoms with Gasteiger partial charge in [-0.1, -0.05) is 164 Å². The molecule has 14 atom stereocenters. The van der Waals surface area contributed by atoms with E-state index in [9.17, 15) is 52.7 Å². The number of amides is 8. The number of hydrogen-bond donors (Lipinski definition) is 5. The highest BCUT2D eigenvalue weighted by Crippen LogP contribution is 2.43. The van der Waals surface area contributed by atoms with Gasteiger partial charge >= 0.3 is 18.1 Å². The second-order valence-corrected chi connectivity index (χ2v) is 30.9. The number of nitrogens with zero attached hydrogens (tertiary/aromatic N) is 2. The van der Waals surface area contributed by atoms with Crippen LogP contribution in [-0.2, 0) is 75.2 Å². The maximum absolute atomic E-state index is 15.1. The van der Waals surface area contributed by atoms with Gasteiger partial charge < -0.3 is 46.1 Å². The van der Waals surface area contributed by atoms with Crippen molar-refractivity contribution in [2.75, 3.05) is 45.4 Å². The van der Waals surface area contributed by atoms with Crippen molar-refractivity contribution in [1.82, 2.24) is 25.8 Å². The van der Waals surface area contributed by atoms with E-state index >= 15 is 4.79 Å². The van der Waals surface area contributed by atoms with E-state index in [1.54, 1.807) is 50.1 Å². The summed E-state index contributed by atoms with van der Waals surface area (Å²) in [7, 11) is 4.35. The number of ketones is 4. The minimum Gasteiger partial charge on any atom is -0.467 e. The predicted molar refractivity (Wildman–Crippen MR) is 397 cm³/mol. The number of esters is 1. The number of methoxy groups -OCH3 is 2. The zero-order chi connectivity index (χ0) is 75.9. The molecule has 22 nitrogen and oxygen atoms in total. The number of urea groups is 1. The largest absolute Gasteiger partial charge is 0.467 e. The van der Waals surface area contributed by atoms with Crippen molar-refractivity contribution in [1.29, 1.82) is 0 Å². The summed E-state index contributed by atoms with van der Waals surface area (Å²) < 4.78 is 16.9. The number of unbranched alkanes of at least 4 members (excludes halogenated alkanes) is 4. The minimum absolute atomic E-state index is 0.0530. The summed E-state index contributed by atoms with van der Waals surface area (Å²) in [6.45, 7) is 23.5. The molecule has 102 heavy (non-hydrogen) atoms. The Kier molecular flexibility index (Phi) is 38.2. The summed E-state index contributed by atoms with van der Waals surface area (Å²) >= 11 is 1.55. The van der Waals surface area contributed by atoms with Gasteiger partial charge in [-0.15, -0.1) is 11.8 Å². The maximum atomic E-state index is 15.1. The zero-order valence-electron chi connectivity index (χ0n) is 63.8. The number of benzene rings is 2. The van der Waals surface area contributed by atoms with Crippen LogP contribution in [0, 0.1) is 71.0 Å². The van der Waals surface area contributed by atoms with E-state index in [-0.39, 0.29) is 157 Å². The minimum atomic E-state index is -0.932. The number of carbonyl (C=O) groups excluding carboxylic acids is 12. The molecule has 6 N–H and O–H groups in total. The summed E-state index contributed by atoms with van der Waals surface area (Å²) in [6, 6.07) is 12.5. The van der Waals surface area contributed by atoms with Gasteiger partial charge in [0.15, 0.2) is 11.6 Å². The highest BCUT2D eigenvalue weighted by molar-refractivity contribution is 8.00. The molecule has 1 aliphatic carbocycles. The van der Waals surface area contributed by atoms with E-state index in [2.05, 4.69) is 49.0 Å². The second-order valence-electron chi connectivity index (χ2n) is 29.6. The maximum Gasteiger partial charge on any atom is 0.410 e. The number of hydrogen-bond acceptors (Lipinski definition) is 16. The normalized spacial score (nSPS) is 18.6. The quantitative estimate of drug-likeness (QED) is 0.0234. The van der Waals surface area contributed by atoms with Crippen LogP contribution in [0.25, 0.3) is 0 Å². The van der Waals surface area contributed by atoms with Gasteiger partial charge in [0, 0.05) is 95.1 Å². The first-order chi connectivity index (χ1) is 48.4. The van der Waals surface area contributed by atoms with E-state index < -0.39 is 71.9 Å². The predicted octanol–water partition coefficient (Wildman–Crippen LogP) is 12.0. The van der Waals surface area contributed by atoms with Crippen LogP contribution in [0.2, 0.25) is 0 Å². The summed E-state index contributed by atoms with van der Waals surface area (Å²) in [5, 5.41) is 10.8. The number of nitrogens with two attached hydrogens (primary N) is 1. The molecule has 0 spiro atoms. The number of carbonyl (C=O) groups is 12. The Bertz CT molecular complexity index is 3050. The standard InChI is InChI=1S/C79H123N7O15S/c1-16-19-26-41-102-66-46-68(91)86(76(66)95)40-25-21-24-34-67(90)84-70(49(6)7)64(88)44-57(31-28-39-81-78(80)97)75(94)82-58-37-35-55(36-38-58)47-101-79(98)85(13)71(50(8)9)65(89)45-61(48(4)5)72(92)52(11)69(51(10)17-2)56(18-3)43-63(87)59-32-27-33-60(59)73(99-14)53(12)74(93)83-62(77(96)100-15)42-54-29-22-20-23-30-54/h20,22-23,29-30,35-38,48-53,56-57,59-62,66,69-71,73H,16-19,21,24-28,31-34,39-47H2,1-15H3,(H,82,94)(H,83,93)(H,84,90)(H3,80,81,97)/t51?,52?,53?,56?,57?,59?,60?,61?,62?,66?,69?,70-,71-,73?/m0/s1. The third kappa shape index (κ3) is 26.9. The Morgan fingerprint density at radius 1 is 0.716 bits per heavy atom. The fourth-order valence-corrected chi connectivity index (χ4v) is 16.3. The van der Waals surface area contributed by atoms with Crippen LogP contribution >= 0.6 is 11.8 Å². The van der Waals surface area contributed by atoms with Gasteiger partial charge in [-0.05, 0) is 115 Å². The van der Waals surface area contributed by atoms with Gasteiger partial charge in [-0.2, -0.15) is 0 Å². The molecule has 12 unspecified atom stereocenters. The average molecular weight is 1440 g/mol. The molecule has 2 aromatic carbocycles. The fraction of sp³-hybridized carbons (Fsp3) is 0.696. The number of rotatable bonds is 48. The molecule has 4 rings (SSSR count). The Morgan fingerprint density at radius 3 is 2.00 bits per heavy atom. The van der Waals surface area contributed by atoms with Crippen LogP contribution in [-0.4, -0.2) is 150 Å². The second kappa shape index (κ2) is 44.6. The van der Waals surface area contributed by atoms with E-state index in [1.807, 2.05) is 78.8 Å². The Hall–Kier alpha value is -7.01. The van der Waals surface area contributed by atoms with E-state index in [0.717, 1.165) is 43.4 Å². The first-order valence-corrected chi connectivity index (χ1v) is 38.6. The lowest BCUT2D eigenvalue weighted by Crippen LogP contribution is -2.49. The molecule has 1 heterocycles. The monoisotopic (exact) mass is 1440 g/mol. The number of Topliss-reactive ketones (excluding diaryl/α,β-unsaturated/α-hetero) is 4. The van der Waals surface area contributed by atoms with Crippen molar-refractivity contribution in [2.45, 2.75) is 241 Å². The molecule has 1 saturated carbocycles. The third-order valence-corrected chi connectivity index (χ3v) is 22.4. The molecule has 2 aromatic rings. The van der Waals surface area contributed by atoms with E-state index in [1.165, 1.54) is 24.0 Å². The molecule has 1 aliphatic heterocycles. The molecular weight excluding hydrogens is 1320 g/mol. The van der Waals surface area contributed by atoms with Gasteiger partial charge in [-0.25, -0.2) is 14.4 Å². The van der Waals surface area contributed by atoms with Crippen LogP contribution in [0.3, 0.4) is 0 Å². The molecule has 23 heteroatoms. The van der Waals surface area contributed by atoms with Crippen molar-refractivity contribution in [3.8, 4) is 0 Å². The molecule has 2 aliphatic rings. The van der Waals surface area contributed by atoms with Crippen molar-refractivity contribution in [2.24, 2.45) is 76.7 Å². The van der Waals surface area contributed by atoms with Crippen molar-refractivity contribution in [3.63, 3.8) is 0 Å². The highest BCUT2D eigenvalue weighted by atomic mass is 32.2. The van der Waals surface area contributed by atoms with Crippen molar-refractivity contribution >= 4 is 88.2 Å². The lowest BCUT2D eigenvalue weighted by molar-refractivity contribution is -0.146. The Labute approximate surface area is 611 Å². The lowest BCUT2D eigenvalue weighted by Gasteiger charge is -2.38. The molecule has 0 aromatic heterocycles. The zero-order valence-corrected chi connectivity index (χ0v) is 64.6. The molecule has 0 bridgehead atoms. The third-order valence-electron chi connectivity index (χ3n) is 21.1. The molecule has 2 fully saturated rings. The topological polar surface area (TPSA) is 313 Å². The summed E-state index contributed by atoms with van der Waals surface area (Å²) in [5.41, 5.74) is 7.13. The number of likely N-dealkylation sites (tertiary alicyclic amines) is 1. The van der Waals surface area contributed by atoms with E-state index in [0.29, 0.717) is 62.7 Å². The van der Waals surface area contributed by atoms with Crippen LogP contribution in [0.4, 0.5) is 15.3 Å². The number of imide groups is 1. The number of nitrogens with one attached hydrogen (secondary N) is 4. The van der Waals surface area contributed by atoms with Gasteiger partial charge in [0.25, 0.3) is 0 Å². The Balaban J connectivity index is 1.36. The van der Waals surface area contributed by atoms with Gasteiger partial charge in [0.1, 0.15) is 24.2 Å². The number of thioether (sulfide) groups is 1. The van der Waals surface area contributed by atoms with Crippen LogP contribution < -0.4 is 27.0 Å². The first kappa shape index (κ1) is 87.4. The average Bonchev–Trinajstić information content (AvgIpc) is 1.16. The van der Waals surface area contributed by atoms with Gasteiger partial charge in [0.05, 0.1) is 36.5 Å². The summed E-state index contributed by atoms with van der Waals surface area (Å²) in [6.07, 6.45) is 8.02. The SMILES string of the molecule is CCCCCSC1CC(=O)N(CCCCCC(=O)N[C@H](C(=O)CC(CCCNC(N)=O)C(=O)Nc2ccc(COC(=O)N(C)[C@H](C(=O)CC(C(=O)C(C)C(C(C)CC)C(CC)CC(=O)C3CCCC3C(OC)C(C)C(=O)NC(Cc3ccccc3)C(=O)OC)C(C)C)C(C)C)cc2)C(C)C)C1=O. The summed E-state index contributed by atoms with van der Waals surface area (Å²) in [5.74, 6) is -6.34. The molecule has 1 saturated heterocycles. The van der Waals surface area contributed by atoms with Crippen LogP contribution in [0.1, 0.15) is 210 Å². The van der Waals surface area contributed by atoms with E-state index in [4.69, 9.17) is 19.9 Å². The molecule has 570 valence electrons. The number of primary amides is 1. The molecule has 8 amide bonds. The lowest BCUT2D eigenvalue weighted by atomic mass is 9.66. The van der Waals surface area contributed by atoms with Crippen molar-refractivity contribution < 1.29 is 71.7 Å². The van der Waals surface area contributed by atoms with Crippen molar-refractivity contribution in [3.05, 3.63) is 65.7 Å².